The lowest BCUT2D eigenvalue weighted by Gasteiger charge is -2.36. The zero-order valence-corrected chi connectivity index (χ0v) is 17.1. The summed E-state index contributed by atoms with van der Waals surface area (Å²) < 4.78 is 27.4. The second-order valence-electron chi connectivity index (χ2n) is 7.04. The highest BCUT2D eigenvalue weighted by molar-refractivity contribution is 7.89. The first kappa shape index (κ1) is 20.1. The number of piperazine rings is 1. The van der Waals surface area contributed by atoms with Gasteiger partial charge in [0.25, 0.3) is 0 Å². The van der Waals surface area contributed by atoms with Crippen LogP contribution in [0, 0.1) is 25.2 Å². The summed E-state index contributed by atoms with van der Waals surface area (Å²) >= 11 is 0. The van der Waals surface area contributed by atoms with Crippen LogP contribution in [0.4, 0.5) is 5.69 Å². The van der Waals surface area contributed by atoms with Crippen LogP contribution >= 0.6 is 0 Å². The molecule has 0 amide bonds. The van der Waals surface area contributed by atoms with Gasteiger partial charge in [0.05, 0.1) is 16.5 Å². The Labute approximate surface area is 166 Å². The third kappa shape index (κ3) is 3.79. The van der Waals surface area contributed by atoms with Crippen LogP contribution < -0.4 is 4.90 Å². The molecule has 0 unspecified atom stereocenters. The number of hydrogen-bond acceptors (Lipinski definition) is 5. The molecule has 2 aromatic rings. The Kier molecular flexibility index (Phi) is 5.54. The van der Waals surface area contributed by atoms with Crippen molar-refractivity contribution in [1.82, 2.24) is 4.31 Å². The maximum absolute atomic E-state index is 13.0. The number of nitrogens with zero attached hydrogens (tertiary/aromatic N) is 3. The highest BCUT2D eigenvalue weighted by Gasteiger charge is 2.29. The first-order chi connectivity index (χ1) is 13.2. The van der Waals surface area contributed by atoms with Gasteiger partial charge in [-0.25, -0.2) is 8.42 Å². The summed E-state index contributed by atoms with van der Waals surface area (Å²) in [6.07, 6.45) is 0. The fourth-order valence-electron chi connectivity index (χ4n) is 3.35. The van der Waals surface area contributed by atoms with Crippen LogP contribution in [0.15, 0.2) is 41.3 Å². The van der Waals surface area contributed by atoms with Gasteiger partial charge in [0, 0.05) is 37.4 Å². The summed E-state index contributed by atoms with van der Waals surface area (Å²) in [7, 11) is -3.56. The first-order valence-electron chi connectivity index (χ1n) is 9.11. The second kappa shape index (κ2) is 7.74. The minimum atomic E-state index is -3.56. The summed E-state index contributed by atoms with van der Waals surface area (Å²) in [6.45, 7) is 6.90. The minimum Gasteiger partial charge on any atom is -0.368 e. The van der Waals surface area contributed by atoms with Gasteiger partial charge in [-0.05, 0) is 62.2 Å². The quantitative estimate of drug-likeness (QED) is 0.741. The van der Waals surface area contributed by atoms with Crippen molar-refractivity contribution in [2.24, 2.45) is 0 Å². The SMILES string of the molecule is CC(=O)c1ccc(C#N)cc1N1CCN(S(=O)(=O)c2ccc(C)c(C)c2)CC1. The van der Waals surface area contributed by atoms with Crippen molar-refractivity contribution < 1.29 is 13.2 Å². The fraction of sp³-hybridized carbons (Fsp3) is 0.333. The van der Waals surface area contributed by atoms with Gasteiger partial charge in [-0.3, -0.25) is 4.79 Å². The van der Waals surface area contributed by atoms with Crippen molar-refractivity contribution in [2.45, 2.75) is 25.7 Å². The number of Topliss-reactive ketones (excluding diaryl/α,β-unsaturated/α-hetero) is 1. The molecule has 0 radical (unpaired) electrons. The maximum atomic E-state index is 13.0. The molecule has 0 aromatic heterocycles. The monoisotopic (exact) mass is 397 g/mol. The molecular weight excluding hydrogens is 374 g/mol. The van der Waals surface area contributed by atoms with E-state index in [0.29, 0.717) is 47.9 Å². The van der Waals surface area contributed by atoms with Crippen LogP contribution in [0.2, 0.25) is 0 Å². The second-order valence-corrected chi connectivity index (χ2v) is 8.98. The summed E-state index contributed by atoms with van der Waals surface area (Å²) in [5, 5.41) is 9.17. The molecule has 1 saturated heterocycles. The number of benzene rings is 2. The molecule has 1 aliphatic rings. The van der Waals surface area contributed by atoms with E-state index in [2.05, 4.69) is 6.07 Å². The number of ketones is 1. The van der Waals surface area contributed by atoms with Crippen molar-refractivity contribution in [3.05, 3.63) is 58.7 Å². The number of carbonyl (C=O) groups is 1. The highest BCUT2D eigenvalue weighted by Crippen LogP contribution is 2.26. The standard InChI is InChI=1S/C21H23N3O3S/c1-15-4-6-19(12-16(15)2)28(26,27)24-10-8-23(9-11-24)21-13-18(14-22)5-7-20(21)17(3)25/h4-7,12-13H,8-11H2,1-3H3. The maximum Gasteiger partial charge on any atom is 0.243 e. The van der Waals surface area contributed by atoms with E-state index in [4.69, 9.17) is 5.26 Å². The summed E-state index contributed by atoms with van der Waals surface area (Å²) in [6, 6.07) is 12.3. The van der Waals surface area contributed by atoms with Crippen molar-refractivity contribution in [3.8, 4) is 6.07 Å². The van der Waals surface area contributed by atoms with Crippen LogP contribution in [0.5, 0.6) is 0 Å². The van der Waals surface area contributed by atoms with Crippen molar-refractivity contribution in [2.75, 3.05) is 31.1 Å². The van der Waals surface area contributed by atoms with E-state index in [9.17, 15) is 13.2 Å². The summed E-state index contributed by atoms with van der Waals surface area (Å²) in [4.78, 5) is 14.2. The number of sulfonamides is 1. The molecule has 3 rings (SSSR count). The van der Waals surface area contributed by atoms with E-state index >= 15 is 0 Å². The molecule has 146 valence electrons. The Morgan fingerprint density at radius 1 is 1.00 bits per heavy atom. The molecule has 28 heavy (non-hydrogen) atoms. The van der Waals surface area contributed by atoms with Gasteiger partial charge in [-0.15, -0.1) is 0 Å². The third-order valence-corrected chi connectivity index (χ3v) is 7.10. The topological polar surface area (TPSA) is 81.5 Å². The molecule has 0 aliphatic carbocycles. The lowest BCUT2D eigenvalue weighted by Crippen LogP contribution is -2.49. The smallest absolute Gasteiger partial charge is 0.243 e. The van der Waals surface area contributed by atoms with E-state index in [1.807, 2.05) is 24.8 Å². The van der Waals surface area contributed by atoms with Crippen LogP contribution in [0.1, 0.15) is 34.0 Å². The Morgan fingerprint density at radius 2 is 1.68 bits per heavy atom. The Bertz CT molecular complexity index is 1060. The van der Waals surface area contributed by atoms with Gasteiger partial charge in [0.15, 0.2) is 5.78 Å². The largest absolute Gasteiger partial charge is 0.368 e. The van der Waals surface area contributed by atoms with E-state index in [-0.39, 0.29) is 5.78 Å². The van der Waals surface area contributed by atoms with E-state index in [1.165, 1.54) is 11.2 Å². The molecule has 0 N–H and O–H groups in total. The summed E-state index contributed by atoms with van der Waals surface area (Å²) in [5.74, 6) is -0.0790. The predicted molar refractivity (Wildman–Crippen MR) is 108 cm³/mol. The molecule has 6 nitrogen and oxygen atoms in total. The highest BCUT2D eigenvalue weighted by atomic mass is 32.2. The van der Waals surface area contributed by atoms with E-state index in [0.717, 1.165) is 11.1 Å². The van der Waals surface area contributed by atoms with Gasteiger partial charge in [-0.1, -0.05) is 6.07 Å². The molecular formula is C21H23N3O3S. The third-order valence-electron chi connectivity index (χ3n) is 5.20. The molecule has 0 spiro atoms. The summed E-state index contributed by atoms with van der Waals surface area (Å²) in [5.41, 5.74) is 3.71. The van der Waals surface area contributed by atoms with Gasteiger partial charge >= 0.3 is 0 Å². The number of anilines is 1. The van der Waals surface area contributed by atoms with Crippen molar-refractivity contribution >= 4 is 21.5 Å². The van der Waals surface area contributed by atoms with Gasteiger partial charge in [0.2, 0.25) is 10.0 Å². The normalized spacial score (nSPS) is 15.3. The van der Waals surface area contributed by atoms with Gasteiger partial charge in [0.1, 0.15) is 0 Å². The molecule has 0 atom stereocenters. The number of hydrogen-bond donors (Lipinski definition) is 0. The molecule has 1 aliphatic heterocycles. The Morgan fingerprint density at radius 3 is 2.25 bits per heavy atom. The zero-order valence-electron chi connectivity index (χ0n) is 16.3. The van der Waals surface area contributed by atoms with Gasteiger partial charge < -0.3 is 4.90 Å². The molecule has 0 saturated carbocycles. The lowest BCUT2D eigenvalue weighted by atomic mass is 10.0. The Hall–Kier alpha value is -2.69. The van der Waals surface area contributed by atoms with E-state index < -0.39 is 10.0 Å². The molecule has 1 fully saturated rings. The average molecular weight is 398 g/mol. The molecule has 2 aromatic carbocycles. The minimum absolute atomic E-state index is 0.0790. The fourth-order valence-corrected chi connectivity index (χ4v) is 4.86. The number of aryl methyl sites for hydroxylation is 2. The lowest BCUT2D eigenvalue weighted by molar-refractivity contribution is 0.101. The average Bonchev–Trinajstić information content (AvgIpc) is 2.69. The molecule has 7 heteroatoms. The van der Waals surface area contributed by atoms with Crippen LogP contribution in [-0.2, 0) is 10.0 Å². The van der Waals surface area contributed by atoms with Crippen molar-refractivity contribution in [3.63, 3.8) is 0 Å². The van der Waals surface area contributed by atoms with Crippen molar-refractivity contribution in [1.29, 1.82) is 5.26 Å². The van der Waals surface area contributed by atoms with Crippen LogP contribution in [0.25, 0.3) is 0 Å². The molecule has 0 bridgehead atoms. The number of nitriles is 1. The van der Waals surface area contributed by atoms with E-state index in [1.54, 1.807) is 30.3 Å². The number of rotatable bonds is 4. The van der Waals surface area contributed by atoms with Crippen LogP contribution in [0.3, 0.4) is 0 Å². The number of carbonyl (C=O) groups excluding carboxylic acids is 1. The molecule has 1 heterocycles. The van der Waals surface area contributed by atoms with Gasteiger partial charge in [-0.2, -0.15) is 9.57 Å². The zero-order chi connectivity index (χ0) is 20.5. The first-order valence-corrected chi connectivity index (χ1v) is 10.6. The van der Waals surface area contributed by atoms with Crippen LogP contribution in [-0.4, -0.2) is 44.7 Å². The predicted octanol–water partition coefficient (Wildman–Crippen LogP) is 2.89. The Balaban J connectivity index is 1.82.